The van der Waals surface area contributed by atoms with Gasteiger partial charge >= 0.3 is 0 Å². The molecule has 0 saturated carbocycles. The molecule has 1 N–H and O–H groups in total. The molecule has 8 heteroatoms. The number of aromatic nitrogens is 1. The first-order valence-electron chi connectivity index (χ1n) is 9.25. The molecule has 156 valence electrons. The van der Waals surface area contributed by atoms with Crippen molar-refractivity contribution in [2.24, 2.45) is 5.10 Å². The molecule has 0 unspecified atom stereocenters. The first kappa shape index (κ1) is 21.7. The quantitative estimate of drug-likeness (QED) is 0.213. The number of nitrogens with zero attached hydrogens (tertiary/aromatic N) is 2. The van der Waals surface area contributed by atoms with Crippen LogP contribution in [0.4, 0.5) is 5.13 Å². The lowest BCUT2D eigenvalue weighted by atomic mass is 10.2. The SMILES string of the molecule is Clc1ccc(-c2csc(N/N=C/c3ccc(OCc4ccccc4Cl)cc3)n2)c(Cl)c1. The van der Waals surface area contributed by atoms with Crippen molar-refractivity contribution in [1.29, 1.82) is 0 Å². The molecule has 0 atom stereocenters. The van der Waals surface area contributed by atoms with Crippen molar-refractivity contribution in [1.82, 2.24) is 4.98 Å². The van der Waals surface area contributed by atoms with Crippen molar-refractivity contribution in [2.75, 3.05) is 5.43 Å². The minimum Gasteiger partial charge on any atom is -0.489 e. The van der Waals surface area contributed by atoms with Crippen molar-refractivity contribution < 1.29 is 4.74 Å². The molecule has 4 nitrogen and oxygen atoms in total. The summed E-state index contributed by atoms with van der Waals surface area (Å²) < 4.78 is 5.79. The lowest BCUT2D eigenvalue weighted by Gasteiger charge is -2.07. The highest BCUT2D eigenvalue weighted by atomic mass is 35.5. The minimum absolute atomic E-state index is 0.415. The van der Waals surface area contributed by atoms with Crippen molar-refractivity contribution in [3.8, 4) is 17.0 Å². The normalized spacial score (nSPS) is 11.1. The van der Waals surface area contributed by atoms with Crippen LogP contribution in [0.15, 0.2) is 77.2 Å². The number of rotatable bonds is 7. The monoisotopic (exact) mass is 487 g/mol. The molecule has 1 aromatic heterocycles. The van der Waals surface area contributed by atoms with Gasteiger partial charge in [-0.1, -0.05) is 53.0 Å². The summed E-state index contributed by atoms with van der Waals surface area (Å²) in [6.45, 7) is 0.415. The first-order chi connectivity index (χ1) is 15.1. The zero-order valence-corrected chi connectivity index (χ0v) is 19.1. The van der Waals surface area contributed by atoms with Crippen LogP contribution >= 0.6 is 46.1 Å². The highest BCUT2D eigenvalue weighted by molar-refractivity contribution is 7.14. The maximum atomic E-state index is 6.25. The third-order valence-corrected chi connectivity index (χ3v) is 5.98. The highest BCUT2D eigenvalue weighted by Crippen LogP contribution is 2.32. The largest absolute Gasteiger partial charge is 0.489 e. The topological polar surface area (TPSA) is 46.5 Å². The molecule has 0 bridgehead atoms. The summed E-state index contributed by atoms with van der Waals surface area (Å²) in [5.74, 6) is 0.759. The number of thiazole rings is 1. The predicted octanol–water partition coefficient (Wildman–Crippen LogP) is 7.80. The van der Waals surface area contributed by atoms with Gasteiger partial charge in [-0.2, -0.15) is 5.10 Å². The molecule has 0 spiro atoms. The molecule has 0 aliphatic heterocycles. The summed E-state index contributed by atoms with van der Waals surface area (Å²) >= 11 is 19.8. The van der Waals surface area contributed by atoms with Crippen LogP contribution in [0.3, 0.4) is 0 Å². The minimum atomic E-state index is 0.415. The van der Waals surface area contributed by atoms with Crippen molar-refractivity contribution in [2.45, 2.75) is 6.61 Å². The van der Waals surface area contributed by atoms with Crippen molar-refractivity contribution in [3.05, 3.63) is 98.3 Å². The smallest absolute Gasteiger partial charge is 0.203 e. The number of ether oxygens (including phenoxy) is 1. The number of nitrogens with one attached hydrogen (secondary N) is 1. The highest BCUT2D eigenvalue weighted by Gasteiger charge is 2.08. The van der Waals surface area contributed by atoms with E-state index in [1.807, 2.05) is 60.0 Å². The molecule has 0 amide bonds. The average Bonchev–Trinajstić information content (AvgIpc) is 3.23. The number of halogens is 3. The third kappa shape index (κ3) is 5.77. The summed E-state index contributed by atoms with van der Waals surface area (Å²) in [6.07, 6.45) is 1.72. The van der Waals surface area contributed by atoms with Crippen LogP contribution in [0.1, 0.15) is 11.1 Å². The molecule has 0 aliphatic carbocycles. The number of anilines is 1. The van der Waals surface area contributed by atoms with E-state index in [-0.39, 0.29) is 0 Å². The number of benzene rings is 3. The van der Waals surface area contributed by atoms with Gasteiger partial charge in [-0.15, -0.1) is 11.3 Å². The van der Waals surface area contributed by atoms with Gasteiger partial charge in [0.15, 0.2) is 0 Å². The van der Waals surface area contributed by atoms with E-state index in [0.29, 0.717) is 26.8 Å². The van der Waals surface area contributed by atoms with E-state index in [1.165, 1.54) is 11.3 Å². The first-order valence-corrected chi connectivity index (χ1v) is 11.3. The zero-order valence-electron chi connectivity index (χ0n) is 16.1. The number of hydrogen-bond acceptors (Lipinski definition) is 5. The van der Waals surface area contributed by atoms with Gasteiger partial charge in [0.05, 0.1) is 16.9 Å². The zero-order chi connectivity index (χ0) is 21.6. The molecular formula is C23H16Cl3N3OS. The van der Waals surface area contributed by atoms with E-state index in [1.54, 1.807) is 18.3 Å². The molecule has 0 aliphatic rings. The summed E-state index contributed by atoms with van der Waals surface area (Å²) in [5, 5.41) is 8.67. The second-order valence-corrected chi connectivity index (χ2v) is 8.59. The Labute approximate surface area is 199 Å². The van der Waals surface area contributed by atoms with Gasteiger partial charge in [-0.25, -0.2) is 4.98 Å². The Balaban J connectivity index is 1.33. The third-order valence-electron chi connectivity index (χ3n) is 4.32. The Morgan fingerprint density at radius 3 is 2.55 bits per heavy atom. The van der Waals surface area contributed by atoms with Gasteiger partial charge < -0.3 is 4.74 Å². The standard InChI is InChI=1S/C23H16Cl3N3OS/c24-17-7-10-19(21(26)11-17)22-14-31-23(28-22)29-27-12-15-5-8-18(9-6-15)30-13-16-3-1-2-4-20(16)25/h1-12,14H,13H2,(H,28,29)/b27-12+. The summed E-state index contributed by atoms with van der Waals surface area (Å²) in [6, 6.07) is 20.6. The van der Waals surface area contributed by atoms with E-state index in [0.717, 1.165) is 28.1 Å². The molecule has 31 heavy (non-hydrogen) atoms. The maximum absolute atomic E-state index is 6.25. The number of hydrazone groups is 1. The van der Waals surface area contributed by atoms with Gasteiger partial charge in [0, 0.05) is 26.6 Å². The Morgan fingerprint density at radius 2 is 1.77 bits per heavy atom. The van der Waals surface area contributed by atoms with Gasteiger partial charge in [0.25, 0.3) is 0 Å². The Hall–Kier alpha value is -2.57. The van der Waals surface area contributed by atoms with Crippen LogP contribution in [0.5, 0.6) is 5.75 Å². The van der Waals surface area contributed by atoms with E-state index >= 15 is 0 Å². The van der Waals surface area contributed by atoms with Crippen LogP contribution < -0.4 is 10.2 Å². The molecule has 0 fully saturated rings. The molecule has 0 saturated heterocycles. The molecule has 0 radical (unpaired) electrons. The van der Waals surface area contributed by atoms with Gasteiger partial charge in [0.2, 0.25) is 5.13 Å². The van der Waals surface area contributed by atoms with E-state index in [4.69, 9.17) is 39.5 Å². The van der Waals surface area contributed by atoms with Crippen molar-refractivity contribution >= 4 is 57.5 Å². The van der Waals surface area contributed by atoms with Crippen LogP contribution in [-0.4, -0.2) is 11.2 Å². The van der Waals surface area contributed by atoms with Crippen molar-refractivity contribution in [3.63, 3.8) is 0 Å². The molecule has 4 rings (SSSR count). The van der Waals surface area contributed by atoms with E-state index in [9.17, 15) is 0 Å². The lowest BCUT2D eigenvalue weighted by Crippen LogP contribution is -1.96. The van der Waals surface area contributed by atoms with E-state index in [2.05, 4.69) is 15.5 Å². The van der Waals surface area contributed by atoms with E-state index < -0.39 is 0 Å². The second-order valence-electron chi connectivity index (χ2n) is 6.48. The summed E-state index contributed by atoms with van der Waals surface area (Å²) in [7, 11) is 0. The Morgan fingerprint density at radius 1 is 0.968 bits per heavy atom. The van der Waals surface area contributed by atoms with Gasteiger partial charge in [0.1, 0.15) is 12.4 Å². The van der Waals surface area contributed by atoms with Crippen LogP contribution in [0.2, 0.25) is 15.1 Å². The molecule has 3 aromatic carbocycles. The fourth-order valence-electron chi connectivity index (χ4n) is 2.73. The molecule has 1 heterocycles. The van der Waals surface area contributed by atoms with Crippen LogP contribution in [0.25, 0.3) is 11.3 Å². The average molecular weight is 489 g/mol. The maximum Gasteiger partial charge on any atom is 0.203 e. The fourth-order valence-corrected chi connectivity index (χ4v) is 4.09. The van der Waals surface area contributed by atoms with Crippen LogP contribution in [0, 0.1) is 0 Å². The molecular weight excluding hydrogens is 473 g/mol. The lowest BCUT2D eigenvalue weighted by molar-refractivity contribution is 0.306. The van der Waals surface area contributed by atoms with Gasteiger partial charge in [-0.3, -0.25) is 5.43 Å². The summed E-state index contributed by atoms with van der Waals surface area (Å²) in [5.41, 5.74) is 6.41. The second kappa shape index (κ2) is 10.2. The predicted molar refractivity (Wildman–Crippen MR) is 131 cm³/mol. The Kier molecular flexibility index (Phi) is 7.10. The molecule has 4 aromatic rings. The Bertz CT molecular complexity index is 1210. The number of hydrogen-bond donors (Lipinski definition) is 1. The summed E-state index contributed by atoms with van der Waals surface area (Å²) in [4.78, 5) is 4.51. The van der Waals surface area contributed by atoms with Crippen LogP contribution in [-0.2, 0) is 6.61 Å². The van der Waals surface area contributed by atoms with Gasteiger partial charge in [-0.05, 0) is 54.1 Å². The fraction of sp³-hybridized carbons (Fsp3) is 0.0435.